The minimum Gasteiger partial charge on any atom is -0.310 e. The van der Waals surface area contributed by atoms with Gasteiger partial charge < -0.3 is 9.88 Å². The predicted octanol–water partition coefficient (Wildman–Crippen LogP) is 5.09. The highest BCUT2D eigenvalue weighted by Crippen LogP contribution is 2.46. The van der Waals surface area contributed by atoms with E-state index >= 15 is 0 Å². The Morgan fingerprint density at radius 1 is 1.12 bits per heavy atom. The van der Waals surface area contributed by atoms with Gasteiger partial charge in [0.15, 0.2) is 5.16 Å². The SMILES string of the molecule is CC(Sc1nnc(C2CC2)n1C1CC1)C(=O)Nc1cc(C(C)(C)C)nn1-c1ccccc1. The first-order valence-electron chi connectivity index (χ1n) is 11.4. The molecular weight excluding hydrogens is 420 g/mol. The number of carbonyl (C=O) groups is 1. The monoisotopic (exact) mass is 450 g/mol. The van der Waals surface area contributed by atoms with E-state index in [1.54, 1.807) is 0 Å². The number of aromatic nitrogens is 5. The van der Waals surface area contributed by atoms with E-state index in [4.69, 9.17) is 5.10 Å². The summed E-state index contributed by atoms with van der Waals surface area (Å²) in [5.41, 5.74) is 1.72. The molecule has 3 aromatic rings. The van der Waals surface area contributed by atoms with Crippen LogP contribution in [-0.2, 0) is 10.2 Å². The Labute approximate surface area is 193 Å². The molecule has 2 aliphatic carbocycles. The van der Waals surface area contributed by atoms with Crippen molar-refractivity contribution in [3.63, 3.8) is 0 Å². The number of amides is 1. The Balaban J connectivity index is 1.36. The van der Waals surface area contributed by atoms with Crippen molar-refractivity contribution >= 4 is 23.5 Å². The fourth-order valence-corrected chi connectivity index (χ4v) is 4.63. The molecular formula is C24H30N6OS. The number of benzene rings is 1. The fraction of sp³-hybridized carbons (Fsp3) is 0.500. The number of thioether (sulfide) groups is 1. The van der Waals surface area contributed by atoms with Gasteiger partial charge in [0.25, 0.3) is 0 Å². The van der Waals surface area contributed by atoms with Gasteiger partial charge in [-0.05, 0) is 44.7 Å². The highest BCUT2D eigenvalue weighted by molar-refractivity contribution is 8.00. The number of nitrogens with zero attached hydrogens (tertiary/aromatic N) is 5. The molecule has 2 aromatic heterocycles. The second-order valence-corrected chi connectivity index (χ2v) is 11.2. The zero-order valence-corrected chi connectivity index (χ0v) is 19.9. The van der Waals surface area contributed by atoms with Crippen molar-refractivity contribution in [1.29, 1.82) is 0 Å². The van der Waals surface area contributed by atoms with E-state index < -0.39 is 0 Å². The molecule has 0 saturated heterocycles. The van der Waals surface area contributed by atoms with E-state index in [0.29, 0.717) is 17.8 Å². The van der Waals surface area contributed by atoms with Crippen LogP contribution in [0, 0.1) is 0 Å². The molecule has 0 spiro atoms. The Hall–Kier alpha value is -2.61. The number of anilines is 1. The van der Waals surface area contributed by atoms with E-state index in [9.17, 15) is 4.79 Å². The lowest BCUT2D eigenvalue weighted by atomic mass is 9.92. The number of hydrogen-bond acceptors (Lipinski definition) is 5. The van der Waals surface area contributed by atoms with Crippen LogP contribution < -0.4 is 5.32 Å². The number of carbonyl (C=O) groups excluding carboxylic acids is 1. The van der Waals surface area contributed by atoms with E-state index in [0.717, 1.165) is 22.4 Å². The molecule has 2 aliphatic rings. The lowest BCUT2D eigenvalue weighted by Crippen LogP contribution is -2.24. The summed E-state index contributed by atoms with van der Waals surface area (Å²) in [5, 5.41) is 17.4. The molecule has 2 saturated carbocycles. The van der Waals surface area contributed by atoms with Crippen LogP contribution in [0.5, 0.6) is 0 Å². The molecule has 1 aromatic carbocycles. The van der Waals surface area contributed by atoms with Crippen LogP contribution in [0.4, 0.5) is 5.82 Å². The normalized spacial score (nSPS) is 17.4. The molecule has 5 rings (SSSR count). The average Bonchev–Trinajstić information content (AvgIpc) is 3.69. The largest absolute Gasteiger partial charge is 0.310 e. The van der Waals surface area contributed by atoms with Crippen molar-refractivity contribution in [2.45, 2.75) is 81.2 Å². The van der Waals surface area contributed by atoms with Gasteiger partial charge in [-0.3, -0.25) is 4.79 Å². The second kappa shape index (κ2) is 8.06. The third-order valence-electron chi connectivity index (χ3n) is 5.93. The average molecular weight is 451 g/mol. The van der Waals surface area contributed by atoms with Gasteiger partial charge in [0.1, 0.15) is 11.6 Å². The molecule has 1 atom stereocenters. The van der Waals surface area contributed by atoms with Crippen molar-refractivity contribution in [3.8, 4) is 5.69 Å². The quantitative estimate of drug-likeness (QED) is 0.507. The number of hydrogen-bond donors (Lipinski definition) is 1. The maximum Gasteiger partial charge on any atom is 0.238 e. The van der Waals surface area contributed by atoms with Crippen LogP contribution in [-0.4, -0.2) is 35.7 Å². The molecule has 8 heteroatoms. The summed E-state index contributed by atoms with van der Waals surface area (Å²) in [6.45, 7) is 8.29. The lowest BCUT2D eigenvalue weighted by molar-refractivity contribution is -0.115. The first-order chi connectivity index (χ1) is 15.3. The molecule has 0 radical (unpaired) electrons. The van der Waals surface area contributed by atoms with E-state index in [2.05, 4.69) is 40.9 Å². The lowest BCUT2D eigenvalue weighted by Gasteiger charge is -2.14. The summed E-state index contributed by atoms with van der Waals surface area (Å²) < 4.78 is 4.10. The molecule has 168 valence electrons. The number of rotatable bonds is 7. The molecule has 7 nitrogen and oxygen atoms in total. The van der Waals surface area contributed by atoms with Gasteiger partial charge in [-0.1, -0.05) is 50.7 Å². The zero-order chi connectivity index (χ0) is 22.5. The van der Waals surface area contributed by atoms with Gasteiger partial charge in [0, 0.05) is 23.4 Å². The third kappa shape index (κ3) is 4.33. The minimum absolute atomic E-state index is 0.0640. The van der Waals surface area contributed by atoms with Gasteiger partial charge in [0.05, 0.1) is 16.6 Å². The van der Waals surface area contributed by atoms with Crippen LogP contribution in [0.1, 0.15) is 76.9 Å². The van der Waals surface area contributed by atoms with Crippen molar-refractivity contribution < 1.29 is 4.79 Å². The van der Waals surface area contributed by atoms with Crippen molar-refractivity contribution in [3.05, 3.63) is 47.9 Å². The Kier molecular flexibility index (Phi) is 5.35. The summed E-state index contributed by atoms with van der Waals surface area (Å²) in [6.07, 6.45) is 4.76. The van der Waals surface area contributed by atoms with Gasteiger partial charge in [-0.25, -0.2) is 4.68 Å². The van der Waals surface area contributed by atoms with Crippen LogP contribution in [0.3, 0.4) is 0 Å². The number of para-hydroxylation sites is 1. The molecule has 32 heavy (non-hydrogen) atoms. The predicted molar refractivity (Wildman–Crippen MR) is 126 cm³/mol. The van der Waals surface area contributed by atoms with Crippen molar-refractivity contribution in [2.24, 2.45) is 0 Å². The Morgan fingerprint density at radius 3 is 2.47 bits per heavy atom. The molecule has 0 aliphatic heterocycles. The van der Waals surface area contributed by atoms with Crippen molar-refractivity contribution in [2.75, 3.05) is 5.32 Å². The van der Waals surface area contributed by atoms with E-state index in [1.807, 2.05) is 48.0 Å². The maximum atomic E-state index is 13.2. The van der Waals surface area contributed by atoms with Crippen LogP contribution >= 0.6 is 11.8 Å². The zero-order valence-electron chi connectivity index (χ0n) is 19.1. The smallest absolute Gasteiger partial charge is 0.238 e. The second-order valence-electron chi connectivity index (χ2n) is 9.88. The molecule has 2 heterocycles. The van der Waals surface area contributed by atoms with Gasteiger partial charge in [0.2, 0.25) is 5.91 Å². The molecule has 1 N–H and O–H groups in total. The summed E-state index contributed by atoms with van der Waals surface area (Å²) in [5.74, 6) is 2.28. The highest BCUT2D eigenvalue weighted by atomic mass is 32.2. The molecule has 1 amide bonds. The van der Waals surface area contributed by atoms with Gasteiger partial charge in [-0.15, -0.1) is 10.2 Å². The summed E-state index contributed by atoms with van der Waals surface area (Å²) in [6, 6.07) is 12.4. The summed E-state index contributed by atoms with van der Waals surface area (Å²) >= 11 is 1.49. The summed E-state index contributed by atoms with van der Waals surface area (Å²) in [4.78, 5) is 13.2. The van der Waals surface area contributed by atoms with Crippen LogP contribution in [0.2, 0.25) is 0 Å². The molecule has 1 unspecified atom stereocenters. The minimum atomic E-state index is -0.305. The topological polar surface area (TPSA) is 77.6 Å². The molecule has 2 fully saturated rings. The van der Waals surface area contributed by atoms with Crippen LogP contribution in [0.15, 0.2) is 41.6 Å². The Morgan fingerprint density at radius 2 is 1.84 bits per heavy atom. The maximum absolute atomic E-state index is 13.2. The van der Waals surface area contributed by atoms with Crippen LogP contribution in [0.25, 0.3) is 5.69 Å². The molecule has 0 bridgehead atoms. The standard InChI is InChI=1S/C24H30N6OS/c1-15(32-23-27-26-21(16-10-11-16)29(23)17-12-13-17)22(31)25-20-14-19(24(2,3)4)28-30(20)18-8-6-5-7-9-18/h5-9,14-17H,10-13H2,1-4H3,(H,25,31). The van der Waals surface area contributed by atoms with Gasteiger partial charge in [-0.2, -0.15) is 5.10 Å². The van der Waals surface area contributed by atoms with E-state index in [-0.39, 0.29) is 16.6 Å². The number of nitrogens with one attached hydrogen (secondary N) is 1. The summed E-state index contributed by atoms with van der Waals surface area (Å²) in [7, 11) is 0. The first kappa shape index (κ1) is 21.2. The van der Waals surface area contributed by atoms with Crippen molar-refractivity contribution in [1.82, 2.24) is 24.5 Å². The highest BCUT2D eigenvalue weighted by Gasteiger charge is 2.37. The first-order valence-corrected chi connectivity index (χ1v) is 12.3. The van der Waals surface area contributed by atoms with Gasteiger partial charge >= 0.3 is 0 Å². The van der Waals surface area contributed by atoms with E-state index in [1.165, 1.54) is 37.4 Å². The Bertz CT molecular complexity index is 1120. The fourth-order valence-electron chi connectivity index (χ4n) is 3.71. The third-order valence-corrected chi connectivity index (χ3v) is 6.98.